The monoisotopic (exact) mass is 386 g/mol. The summed E-state index contributed by atoms with van der Waals surface area (Å²) in [5.74, 6) is 0.801. The van der Waals surface area contributed by atoms with Crippen LogP contribution in [0.5, 0.6) is 5.75 Å². The van der Waals surface area contributed by atoms with Crippen LogP contribution in [0, 0.1) is 0 Å². The van der Waals surface area contributed by atoms with Gasteiger partial charge in [0.1, 0.15) is 12.4 Å². The fourth-order valence-corrected chi connectivity index (χ4v) is 3.94. The summed E-state index contributed by atoms with van der Waals surface area (Å²) >= 11 is 1.62. The zero-order valence-corrected chi connectivity index (χ0v) is 16.6. The molecule has 1 aliphatic heterocycles. The highest BCUT2D eigenvalue weighted by molar-refractivity contribution is 7.10. The minimum atomic E-state index is -0.0855. The maximum atomic E-state index is 12.6. The van der Waals surface area contributed by atoms with Crippen molar-refractivity contribution in [3.05, 3.63) is 52.2 Å². The molecule has 1 aromatic carbocycles. The number of ether oxygens (including phenoxy) is 1. The predicted octanol–water partition coefficient (Wildman–Crippen LogP) is 3.50. The number of hydrogen-bond donors (Lipinski definition) is 1. The minimum Gasteiger partial charge on any atom is -0.491 e. The number of likely N-dealkylation sites (tertiary alicyclic amines) is 1. The van der Waals surface area contributed by atoms with Crippen molar-refractivity contribution < 1.29 is 14.3 Å². The van der Waals surface area contributed by atoms with Crippen LogP contribution in [0.4, 0.5) is 0 Å². The standard InChI is InChI=1S/C21H26N2O3S/c1-15(2)22-21(25)16-7-9-18(10-8-16)26-14-17-5-3-11-23(17)20(24)13-19-6-4-12-27-19/h4,6-10,12,15,17H,3,5,11,13-14H2,1-2H3,(H,22,25). The average Bonchev–Trinajstić information content (AvgIpc) is 3.31. The number of carbonyl (C=O) groups excluding carboxylic acids is 2. The van der Waals surface area contributed by atoms with E-state index in [1.807, 2.05) is 48.4 Å². The van der Waals surface area contributed by atoms with Gasteiger partial charge in [-0.25, -0.2) is 0 Å². The number of rotatable bonds is 7. The molecule has 2 amide bonds. The zero-order valence-electron chi connectivity index (χ0n) is 15.8. The van der Waals surface area contributed by atoms with Gasteiger partial charge in [0.25, 0.3) is 5.91 Å². The second-order valence-electron chi connectivity index (χ2n) is 7.10. The van der Waals surface area contributed by atoms with E-state index >= 15 is 0 Å². The maximum absolute atomic E-state index is 12.6. The predicted molar refractivity (Wildman–Crippen MR) is 107 cm³/mol. The smallest absolute Gasteiger partial charge is 0.251 e. The van der Waals surface area contributed by atoms with Crippen LogP contribution in [0.1, 0.15) is 41.9 Å². The van der Waals surface area contributed by atoms with Gasteiger partial charge in [0.05, 0.1) is 12.5 Å². The third-order valence-electron chi connectivity index (χ3n) is 4.58. The van der Waals surface area contributed by atoms with Gasteiger partial charge in [-0.05, 0) is 62.4 Å². The molecule has 2 aromatic rings. The first-order valence-corrected chi connectivity index (χ1v) is 10.3. The molecule has 5 nitrogen and oxygen atoms in total. The van der Waals surface area contributed by atoms with Crippen molar-refractivity contribution in [3.63, 3.8) is 0 Å². The molecule has 1 aromatic heterocycles. The molecule has 0 spiro atoms. The van der Waals surface area contributed by atoms with Crippen molar-refractivity contribution in [2.45, 2.75) is 45.2 Å². The Morgan fingerprint density at radius 3 is 2.70 bits per heavy atom. The lowest BCUT2D eigenvalue weighted by Crippen LogP contribution is -2.39. The molecule has 1 N–H and O–H groups in total. The molecular weight excluding hydrogens is 360 g/mol. The quantitative estimate of drug-likeness (QED) is 0.792. The van der Waals surface area contributed by atoms with E-state index in [1.54, 1.807) is 23.5 Å². The molecule has 1 saturated heterocycles. The number of hydrogen-bond acceptors (Lipinski definition) is 4. The fraction of sp³-hybridized carbons (Fsp3) is 0.429. The molecule has 0 aliphatic carbocycles. The summed E-state index contributed by atoms with van der Waals surface area (Å²) in [6.45, 7) is 5.14. The first-order chi connectivity index (χ1) is 13.0. The van der Waals surface area contributed by atoms with E-state index in [4.69, 9.17) is 4.74 Å². The van der Waals surface area contributed by atoms with Crippen LogP contribution < -0.4 is 10.1 Å². The van der Waals surface area contributed by atoms with E-state index in [9.17, 15) is 9.59 Å². The van der Waals surface area contributed by atoms with E-state index in [1.165, 1.54) is 0 Å². The lowest BCUT2D eigenvalue weighted by atomic mass is 10.2. The Kier molecular flexibility index (Phi) is 6.50. The second-order valence-corrected chi connectivity index (χ2v) is 8.14. The van der Waals surface area contributed by atoms with Crippen LogP contribution in [0.3, 0.4) is 0 Å². The summed E-state index contributed by atoms with van der Waals surface area (Å²) in [6.07, 6.45) is 2.44. The van der Waals surface area contributed by atoms with Crippen molar-refractivity contribution in [3.8, 4) is 5.75 Å². The Labute approximate surface area is 164 Å². The molecule has 0 saturated carbocycles. The number of nitrogens with zero attached hydrogens (tertiary/aromatic N) is 1. The van der Waals surface area contributed by atoms with Crippen LogP contribution >= 0.6 is 11.3 Å². The van der Waals surface area contributed by atoms with E-state index in [0.717, 1.165) is 24.3 Å². The molecule has 1 fully saturated rings. The third-order valence-corrected chi connectivity index (χ3v) is 5.46. The van der Waals surface area contributed by atoms with Gasteiger partial charge < -0.3 is 15.0 Å². The van der Waals surface area contributed by atoms with E-state index < -0.39 is 0 Å². The summed E-state index contributed by atoms with van der Waals surface area (Å²) in [6, 6.07) is 11.3. The molecule has 2 heterocycles. The highest BCUT2D eigenvalue weighted by Gasteiger charge is 2.29. The lowest BCUT2D eigenvalue weighted by molar-refractivity contribution is -0.131. The molecule has 0 bridgehead atoms. The van der Waals surface area contributed by atoms with Crippen molar-refractivity contribution in [2.24, 2.45) is 0 Å². The molecule has 27 heavy (non-hydrogen) atoms. The Bertz CT molecular complexity index is 756. The first-order valence-electron chi connectivity index (χ1n) is 9.38. The van der Waals surface area contributed by atoms with E-state index in [0.29, 0.717) is 24.3 Å². The first kappa shape index (κ1) is 19.4. The van der Waals surface area contributed by atoms with E-state index in [-0.39, 0.29) is 23.9 Å². The summed E-state index contributed by atoms with van der Waals surface area (Å²) in [7, 11) is 0. The van der Waals surface area contributed by atoms with Crippen LogP contribution in [0.15, 0.2) is 41.8 Å². The van der Waals surface area contributed by atoms with Crippen molar-refractivity contribution in [2.75, 3.05) is 13.2 Å². The number of nitrogens with one attached hydrogen (secondary N) is 1. The zero-order chi connectivity index (χ0) is 19.2. The van der Waals surface area contributed by atoms with Gasteiger partial charge in [-0.1, -0.05) is 6.07 Å². The van der Waals surface area contributed by atoms with Gasteiger partial charge in [-0.3, -0.25) is 9.59 Å². The van der Waals surface area contributed by atoms with Crippen molar-refractivity contribution >= 4 is 23.2 Å². The van der Waals surface area contributed by atoms with Crippen LogP contribution in [-0.2, 0) is 11.2 Å². The lowest BCUT2D eigenvalue weighted by Gasteiger charge is -2.24. The third kappa shape index (κ3) is 5.32. The summed E-state index contributed by atoms with van der Waals surface area (Å²) in [5.41, 5.74) is 0.615. The molecule has 1 atom stereocenters. The van der Waals surface area contributed by atoms with Crippen molar-refractivity contribution in [1.82, 2.24) is 10.2 Å². The summed E-state index contributed by atoms with van der Waals surface area (Å²) < 4.78 is 5.90. The normalized spacial score (nSPS) is 16.6. The fourth-order valence-electron chi connectivity index (χ4n) is 3.24. The summed E-state index contributed by atoms with van der Waals surface area (Å²) in [4.78, 5) is 27.6. The maximum Gasteiger partial charge on any atom is 0.251 e. The van der Waals surface area contributed by atoms with Crippen LogP contribution in [-0.4, -0.2) is 41.9 Å². The highest BCUT2D eigenvalue weighted by atomic mass is 32.1. The topological polar surface area (TPSA) is 58.6 Å². The SMILES string of the molecule is CC(C)NC(=O)c1ccc(OCC2CCCN2C(=O)Cc2cccs2)cc1. The molecular formula is C21H26N2O3S. The van der Waals surface area contributed by atoms with Gasteiger partial charge in [-0.2, -0.15) is 0 Å². The van der Waals surface area contributed by atoms with Gasteiger partial charge >= 0.3 is 0 Å². The Hall–Kier alpha value is -2.34. The van der Waals surface area contributed by atoms with Gasteiger partial charge in [0, 0.05) is 23.0 Å². The van der Waals surface area contributed by atoms with E-state index in [2.05, 4.69) is 5.32 Å². The van der Waals surface area contributed by atoms with Crippen LogP contribution in [0.2, 0.25) is 0 Å². The molecule has 144 valence electrons. The number of amides is 2. The molecule has 0 radical (unpaired) electrons. The van der Waals surface area contributed by atoms with Gasteiger partial charge in [0.2, 0.25) is 5.91 Å². The van der Waals surface area contributed by atoms with Gasteiger partial charge in [0.15, 0.2) is 0 Å². The second kappa shape index (κ2) is 9.04. The highest BCUT2D eigenvalue weighted by Crippen LogP contribution is 2.21. The molecule has 1 aliphatic rings. The van der Waals surface area contributed by atoms with Crippen LogP contribution in [0.25, 0.3) is 0 Å². The summed E-state index contributed by atoms with van der Waals surface area (Å²) in [5, 5.41) is 4.87. The molecule has 1 unspecified atom stereocenters. The molecule has 6 heteroatoms. The van der Waals surface area contributed by atoms with Crippen molar-refractivity contribution in [1.29, 1.82) is 0 Å². The Morgan fingerprint density at radius 1 is 1.26 bits per heavy atom. The number of benzene rings is 1. The minimum absolute atomic E-state index is 0.0855. The van der Waals surface area contributed by atoms with Gasteiger partial charge in [-0.15, -0.1) is 11.3 Å². The number of thiophene rings is 1. The Morgan fingerprint density at radius 2 is 2.04 bits per heavy atom. The average molecular weight is 387 g/mol. The Balaban J connectivity index is 1.52. The molecule has 3 rings (SSSR count). The largest absolute Gasteiger partial charge is 0.491 e. The number of carbonyl (C=O) groups is 2.